The highest BCUT2D eigenvalue weighted by molar-refractivity contribution is 5.78. The van der Waals surface area contributed by atoms with E-state index in [4.69, 9.17) is 4.74 Å². The second-order valence-corrected chi connectivity index (χ2v) is 6.09. The second kappa shape index (κ2) is 8.60. The zero-order chi connectivity index (χ0) is 14.2. The molecule has 2 fully saturated rings. The van der Waals surface area contributed by atoms with Crippen molar-refractivity contribution >= 4 is 5.91 Å². The maximum atomic E-state index is 11.9. The van der Waals surface area contributed by atoms with E-state index in [0.717, 1.165) is 39.3 Å². The third-order valence-corrected chi connectivity index (χ3v) is 4.37. The standard InChI is InChI=1S/C15H29N3O2/c1-20-10-9-18-8-4-5-14(12-18)11-16-15(19)13-17-6-2-3-7-17/h14H,2-13H2,1H3,(H,16,19). The quantitative estimate of drug-likeness (QED) is 0.741. The molecule has 1 atom stereocenters. The number of nitrogens with zero attached hydrogens (tertiary/aromatic N) is 2. The number of methoxy groups -OCH3 is 1. The SMILES string of the molecule is COCCN1CCCC(CNC(=O)CN2CCCC2)C1. The molecule has 0 saturated carbocycles. The molecule has 0 spiro atoms. The molecule has 0 aromatic carbocycles. The van der Waals surface area contributed by atoms with Crippen molar-refractivity contribution in [1.82, 2.24) is 15.1 Å². The summed E-state index contributed by atoms with van der Waals surface area (Å²) in [7, 11) is 1.75. The largest absolute Gasteiger partial charge is 0.383 e. The minimum Gasteiger partial charge on any atom is -0.383 e. The molecule has 2 saturated heterocycles. The van der Waals surface area contributed by atoms with Crippen LogP contribution in [0, 0.1) is 5.92 Å². The summed E-state index contributed by atoms with van der Waals surface area (Å²) < 4.78 is 5.14. The molecule has 1 amide bonds. The van der Waals surface area contributed by atoms with E-state index in [9.17, 15) is 4.79 Å². The number of carbonyl (C=O) groups is 1. The molecule has 5 heteroatoms. The minimum atomic E-state index is 0.195. The molecule has 20 heavy (non-hydrogen) atoms. The van der Waals surface area contributed by atoms with Crippen LogP contribution in [0.3, 0.4) is 0 Å². The number of hydrogen-bond acceptors (Lipinski definition) is 4. The Hall–Kier alpha value is -0.650. The van der Waals surface area contributed by atoms with Gasteiger partial charge in [-0.25, -0.2) is 0 Å². The molecule has 0 radical (unpaired) electrons. The van der Waals surface area contributed by atoms with Gasteiger partial charge in [-0.3, -0.25) is 9.69 Å². The third-order valence-electron chi connectivity index (χ3n) is 4.37. The van der Waals surface area contributed by atoms with Crippen LogP contribution in [0.15, 0.2) is 0 Å². The van der Waals surface area contributed by atoms with Crippen LogP contribution in [0.5, 0.6) is 0 Å². The molecular formula is C15H29N3O2. The van der Waals surface area contributed by atoms with Crippen molar-refractivity contribution in [2.45, 2.75) is 25.7 Å². The van der Waals surface area contributed by atoms with Crippen molar-refractivity contribution in [2.24, 2.45) is 5.92 Å². The summed E-state index contributed by atoms with van der Waals surface area (Å²) in [5, 5.41) is 3.12. The fraction of sp³-hybridized carbons (Fsp3) is 0.933. The molecular weight excluding hydrogens is 254 g/mol. The van der Waals surface area contributed by atoms with E-state index >= 15 is 0 Å². The molecule has 5 nitrogen and oxygen atoms in total. The number of hydrogen-bond donors (Lipinski definition) is 1. The molecule has 0 aromatic rings. The number of ether oxygens (including phenoxy) is 1. The first-order valence-electron chi connectivity index (χ1n) is 7.98. The van der Waals surface area contributed by atoms with Crippen molar-refractivity contribution < 1.29 is 9.53 Å². The van der Waals surface area contributed by atoms with Gasteiger partial charge in [0.15, 0.2) is 0 Å². The highest BCUT2D eigenvalue weighted by Gasteiger charge is 2.21. The van der Waals surface area contributed by atoms with Gasteiger partial charge < -0.3 is 15.0 Å². The van der Waals surface area contributed by atoms with E-state index in [1.807, 2.05) is 0 Å². The normalized spacial score (nSPS) is 24.9. The Morgan fingerprint density at radius 3 is 2.70 bits per heavy atom. The lowest BCUT2D eigenvalue weighted by Gasteiger charge is -2.32. The van der Waals surface area contributed by atoms with Gasteiger partial charge in [-0.2, -0.15) is 0 Å². The van der Waals surface area contributed by atoms with E-state index < -0.39 is 0 Å². The van der Waals surface area contributed by atoms with Crippen LogP contribution < -0.4 is 5.32 Å². The maximum absolute atomic E-state index is 11.9. The summed E-state index contributed by atoms with van der Waals surface area (Å²) in [5.74, 6) is 0.795. The molecule has 2 aliphatic heterocycles. The van der Waals surface area contributed by atoms with E-state index in [0.29, 0.717) is 12.5 Å². The monoisotopic (exact) mass is 283 g/mol. The number of carbonyl (C=O) groups excluding carboxylic acids is 1. The molecule has 0 aliphatic carbocycles. The summed E-state index contributed by atoms with van der Waals surface area (Å²) in [6, 6.07) is 0. The van der Waals surface area contributed by atoms with Crippen LogP contribution in [-0.2, 0) is 9.53 Å². The average Bonchev–Trinajstić information content (AvgIpc) is 2.96. The molecule has 2 rings (SSSR count). The van der Waals surface area contributed by atoms with E-state index in [-0.39, 0.29) is 5.91 Å². The van der Waals surface area contributed by atoms with Crippen LogP contribution in [0.25, 0.3) is 0 Å². The van der Waals surface area contributed by atoms with Crippen molar-refractivity contribution in [2.75, 3.05) is 59.5 Å². The summed E-state index contributed by atoms with van der Waals surface area (Å²) in [4.78, 5) is 16.6. The minimum absolute atomic E-state index is 0.195. The van der Waals surface area contributed by atoms with Crippen LogP contribution in [-0.4, -0.2) is 75.2 Å². The predicted molar refractivity (Wildman–Crippen MR) is 79.7 cm³/mol. The summed E-state index contributed by atoms with van der Waals surface area (Å²) in [6.45, 7) is 7.65. The second-order valence-electron chi connectivity index (χ2n) is 6.09. The first-order valence-corrected chi connectivity index (χ1v) is 7.98. The lowest BCUT2D eigenvalue weighted by molar-refractivity contribution is -0.122. The predicted octanol–water partition coefficient (Wildman–Crippen LogP) is 0.557. The Labute approximate surface area is 122 Å². The fourth-order valence-corrected chi connectivity index (χ4v) is 3.20. The Morgan fingerprint density at radius 2 is 1.95 bits per heavy atom. The highest BCUT2D eigenvalue weighted by Crippen LogP contribution is 2.15. The summed E-state index contributed by atoms with van der Waals surface area (Å²) in [6.07, 6.45) is 4.94. The van der Waals surface area contributed by atoms with Gasteiger partial charge >= 0.3 is 0 Å². The topological polar surface area (TPSA) is 44.8 Å². The summed E-state index contributed by atoms with van der Waals surface area (Å²) in [5.41, 5.74) is 0. The van der Waals surface area contributed by atoms with Crippen LogP contribution in [0.4, 0.5) is 0 Å². The van der Waals surface area contributed by atoms with Crippen molar-refractivity contribution in [3.8, 4) is 0 Å². The molecule has 116 valence electrons. The zero-order valence-electron chi connectivity index (χ0n) is 12.8. The Bertz CT molecular complexity index is 293. The smallest absolute Gasteiger partial charge is 0.234 e. The molecule has 1 N–H and O–H groups in total. The van der Waals surface area contributed by atoms with Crippen LogP contribution in [0.1, 0.15) is 25.7 Å². The lowest BCUT2D eigenvalue weighted by atomic mass is 9.98. The zero-order valence-corrected chi connectivity index (χ0v) is 12.8. The van der Waals surface area contributed by atoms with Gasteiger partial charge in [0.1, 0.15) is 0 Å². The van der Waals surface area contributed by atoms with Crippen molar-refractivity contribution in [3.05, 3.63) is 0 Å². The number of rotatable bonds is 7. The van der Waals surface area contributed by atoms with Crippen LogP contribution in [0.2, 0.25) is 0 Å². The van der Waals surface area contributed by atoms with E-state index in [1.54, 1.807) is 7.11 Å². The number of nitrogens with one attached hydrogen (secondary N) is 1. The Balaban J connectivity index is 1.61. The van der Waals surface area contributed by atoms with Crippen LogP contribution >= 0.6 is 0 Å². The highest BCUT2D eigenvalue weighted by atomic mass is 16.5. The molecule has 2 heterocycles. The summed E-state index contributed by atoms with van der Waals surface area (Å²) >= 11 is 0. The Morgan fingerprint density at radius 1 is 1.20 bits per heavy atom. The van der Waals surface area contributed by atoms with Gasteiger partial charge in [-0.05, 0) is 51.2 Å². The van der Waals surface area contributed by atoms with Gasteiger partial charge in [0.2, 0.25) is 5.91 Å². The van der Waals surface area contributed by atoms with Crippen molar-refractivity contribution in [3.63, 3.8) is 0 Å². The number of piperidine rings is 1. The molecule has 2 aliphatic rings. The first-order chi connectivity index (χ1) is 9.78. The average molecular weight is 283 g/mol. The van der Waals surface area contributed by atoms with Gasteiger partial charge in [0.25, 0.3) is 0 Å². The number of amides is 1. The lowest BCUT2D eigenvalue weighted by Crippen LogP contribution is -2.43. The number of likely N-dealkylation sites (tertiary alicyclic amines) is 2. The van der Waals surface area contributed by atoms with Crippen molar-refractivity contribution in [1.29, 1.82) is 0 Å². The van der Waals surface area contributed by atoms with E-state index in [2.05, 4.69) is 15.1 Å². The maximum Gasteiger partial charge on any atom is 0.234 e. The first kappa shape index (κ1) is 15.7. The third kappa shape index (κ3) is 5.38. The van der Waals surface area contributed by atoms with Gasteiger partial charge in [-0.15, -0.1) is 0 Å². The molecule has 0 bridgehead atoms. The van der Waals surface area contributed by atoms with Gasteiger partial charge in [0.05, 0.1) is 13.2 Å². The van der Waals surface area contributed by atoms with Gasteiger partial charge in [-0.1, -0.05) is 0 Å². The molecule has 1 unspecified atom stereocenters. The van der Waals surface area contributed by atoms with E-state index in [1.165, 1.54) is 32.2 Å². The van der Waals surface area contributed by atoms with Gasteiger partial charge in [0, 0.05) is 26.7 Å². The fourth-order valence-electron chi connectivity index (χ4n) is 3.20. The Kier molecular flexibility index (Phi) is 6.76. The molecule has 0 aromatic heterocycles.